The number of para-hydroxylation sites is 3. The average molecular weight is 610 g/mol. The monoisotopic (exact) mass is 609 g/mol. The number of aromatic nitrogens is 3. The highest BCUT2D eigenvalue weighted by Gasteiger charge is 2.24. The highest BCUT2D eigenvalue weighted by atomic mass is 15.0. The van der Waals surface area contributed by atoms with Crippen LogP contribution in [-0.4, -0.2) is 14.1 Å². The lowest BCUT2D eigenvalue weighted by atomic mass is 10.0. The molecule has 0 bridgehead atoms. The number of nitrogens with zero attached hydrogens (tertiary/aromatic N) is 3. The summed E-state index contributed by atoms with van der Waals surface area (Å²) in [5, 5.41) is 7.56. The zero-order valence-corrected chi connectivity index (χ0v) is 25.9. The molecule has 0 fully saturated rings. The molecule has 3 nitrogen and oxygen atoms in total. The van der Waals surface area contributed by atoms with Crippen molar-refractivity contribution >= 4 is 54.4 Å². The van der Waals surface area contributed by atoms with Crippen molar-refractivity contribution in [1.82, 2.24) is 14.1 Å². The molecule has 48 heavy (non-hydrogen) atoms. The number of pyridine rings is 1. The Labute approximate surface area is 276 Å². The maximum absolute atomic E-state index is 4.84. The van der Waals surface area contributed by atoms with Crippen molar-refractivity contribution in [3.05, 3.63) is 164 Å². The lowest BCUT2D eigenvalue weighted by Crippen LogP contribution is -1.95. The van der Waals surface area contributed by atoms with Crippen molar-refractivity contribution in [2.24, 2.45) is 0 Å². The van der Waals surface area contributed by atoms with Crippen LogP contribution in [0.3, 0.4) is 0 Å². The third-order valence-corrected chi connectivity index (χ3v) is 10.3. The van der Waals surface area contributed by atoms with Gasteiger partial charge in [-0.1, -0.05) is 91.0 Å². The van der Waals surface area contributed by atoms with Gasteiger partial charge >= 0.3 is 0 Å². The Morgan fingerprint density at radius 1 is 0.375 bits per heavy atom. The summed E-state index contributed by atoms with van der Waals surface area (Å²) in [6, 6.07) is 57.6. The Hall–Kier alpha value is -6.45. The molecule has 1 aliphatic rings. The van der Waals surface area contributed by atoms with Gasteiger partial charge in [0.05, 0.1) is 27.8 Å². The van der Waals surface area contributed by atoms with Crippen molar-refractivity contribution in [3.63, 3.8) is 0 Å². The molecule has 10 aromatic rings. The topological polar surface area (TPSA) is 22.8 Å². The van der Waals surface area contributed by atoms with Crippen LogP contribution in [0.2, 0.25) is 0 Å². The third-order valence-electron chi connectivity index (χ3n) is 10.3. The molecule has 0 atom stereocenters. The zero-order chi connectivity index (χ0) is 31.3. The molecule has 0 saturated heterocycles. The average Bonchev–Trinajstić information content (AvgIpc) is 3.78. The lowest BCUT2D eigenvalue weighted by molar-refractivity contribution is 1.18. The Bertz CT molecular complexity index is 2940. The van der Waals surface area contributed by atoms with Gasteiger partial charge in [-0.2, -0.15) is 0 Å². The van der Waals surface area contributed by atoms with Gasteiger partial charge in [-0.15, -0.1) is 0 Å². The predicted octanol–water partition coefficient (Wildman–Crippen LogP) is 11.7. The molecule has 0 unspecified atom stereocenters. The highest BCUT2D eigenvalue weighted by molar-refractivity contribution is 6.16. The molecule has 0 amide bonds. The molecule has 0 N–H and O–H groups in total. The number of rotatable bonds is 3. The van der Waals surface area contributed by atoms with Gasteiger partial charge in [-0.3, -0.25) is 4.98 Å². The molecule has 7 aromatic carbocycles. The first-order valence-corrected chi connectivity index (χ1v) is 16.5. The van der Waals surface area contributed by atoms with Gasteiger partial charge in [0, 0.05) is 50.2 Å². The minimum Gasteiger partial charge on any atom is -0.309 e. The fourth-order valence-corrected chi connectivity index (χ4v) is 8.23. The largest absolute Gasteiger partial charge is 0.309 e. The van der Waals surface area contributed by atoms with E-state index in [9.17, 15) is 0 Å². The van der Waals surface area contributed by atoms with Crippen molar-refractivity contribution in [2.45, 2.75) is 0 Å². The smallest absolute Gasteiger partial charge is 0.0787 e. The van der Waals surface area contributed by atoms with Gasteiger partial charge in [-0.25, -0.2) is 0 Å². The summed E-state index contributed by atoms with van der Waals surface area (Å²) in [5.74, 6) is 0. The quantitative estimate of drug-likeness (QED) is 0.195. The number of hydrogen-bond donors (Lipinski definition) is 0. The summed E-state index contributed by atoms with van der Waals surface area (Å²) >= 11 is 0. The Balaban J connectivity index is 1.12. The number of hydrogen-bond acceptors (Lipinski definition) is 1. The molecule has 3 aromatic heterocycles. The van der Waals surface area contributed by atoms with Crippen LogP contribution in [0.25, 0.3) is 99.3 Å². The summed E-state index contributed by atoms with van der Waals surface area (Å²) < 4.78 is 4.80. The van der Waals surface area contributed by atoms with Crippen LogP contribution in [0, 0.1) is 0 Å². The molecular formula is C45H27N3. The minimum atomic E-state index is 1.07. The Morgan fingerprint density at radius 2 is 0.979 bits per heavy atom. The molecule has 0 aliphatic heterocycles. The molecule has 0 radical (unpaired) electrons. The van der Waals surface area contributed by atoms with Gasteiger partial charge in [0.2, 0.25) is 0 Å². The fraction of sp³-hybridized carbons (Fsp3) is 0. The van der Waals surface area contributed by atoms with Crippen LogP contribution in [0.15, 0.2) is 164 Å². The van der Waals surface area contributed by atoms with E-state index in [-0.39, 0.29) is 0 Å². The number of benzene rings is 7. The summed E-state index contributed by atoms with van der Waals surface area (Å²) in [4.78, 5) is 4.84. The summed E-state index contributed by atoms with van der Waals surface area (Å²) in [5.41, 5.74) is 14.4. The minimum absolute atomic E-state index is 1.07. The first-order valence-electron chi connectivity index (χ1n) is 16.5. The molecule has 0 spiro atoms. The molecule has 1 aliphatic carbocycles. The van der Waals surface area contributed by atoms with Gasteiger partial charge in [0.25, 0.3) is 0 Å². The van der Waals surface area contributed by atoms with E-state index in [1.165, 1.54) is 87.9 Å². The lowest BCUT2D eigenvalue weighted by Gasteiger charge is -2.12. The second kappa shape index (κ2) is 9.54. The molecule has 3 heteroatoms. The molecule has 0 saturated carbocycles. The summed E-state index contributed by atoms with van der Waals surface area (Å²) in [6.45, 7) is 0. The van der Waals surface area contributed by atoms with E-state index in [0.29, 0.717) is 0 Å². The third kappa shape index (κ3) is 3.45. The first kappa shape index (κ1) is 25.7. The van der Waals surface area contributed by atoms with Gasteiger partial charge in [0.15, 0.2) is 0 Å². The van der Waals surface area contributed by atoms with E-state index in [0.717, 1.165) is 11.4 Å². The van der Waals surface area contributed by atoms with Gasteiger partial charge in [-0.05, 0) is 94.2 Å². The standard InChI is InChI=1S/C45H27N3/c1-2-11-31(12-3-1)47-40-17-6-4-13-33(40)37-25-28(19-21-42(37)47)29-20-22-43-38(26-29)34-14-5-7-18-41(34)48(43)32-24-30-10-8-15-35-36-16-9-23-46-45(36)39(27-32)44(30)35/h1-27H. The second-order valence-corrected chi connectivity index (χ2v) is 12.8. The van der Waals surface area contributed by atoms with Crippen LogP contribution in [0.5, 0.6) is 0 Å². The van der Waals surface area contributed by atoms with E-state index in [2.05, 4.69) is 161 Å². The van der Waals surface area contributed by atoms with Crippen molar-refractivity contribution in [1.29, 1.82) is 0 Å². The maximum Gasteiger partial charge on any atom is 0.0787 e. The Morgan fingerprint density at radius 3 is 1.69 bits per heavy atom. The fourth-order valence-electron chi connectivity index (χ4n) is 8.23. The van der Waals surface area contributed by atoms with Crippen LogP contribution < -0.4 is 0 Å². The Kier molecular flexibility index (Phi) is 5.11. The van der Waals surface area contributed by atoms with Crippen LogP contribution in [0.4, 0.5) is 0 Å². The van der Waals surface area contributed by atoms with E-state index in [1.54, 1.807) is 0 Å². The maximum atomic E-state index is 4.84. The summed E-state index contributed by atoms with van der Waals surface area (Å²) in [6.07, 6.45) is 1.90. The molecule has 3 heterocycles. The van der Waals surface area contributed by atoms with Crippen molar-refractivity contribution in [2.75, 3.05) is 0 Å². The predicted molar refractivity (Wildman–Crippen MR) is 200 cm³/mol. The number of fused-ring (bicyclic) bond motifs is 9. The van der Waals surface area contributed by atoms with E-state index < -0.39 is 0 Å². The van der Waals surface area contributed by atoms with E-state index in [4.69, 9.17) is 4.98 Å². The van der Waals surface area contributed by atoms with Crippen molar-refractivity contribution < 1.29 is 0 Å². The van der Waals surface area contributed by atoms with E-state index in [1.807, 2.05) is 12.3 Å². The molecule has 222 valence electrons. The van der Waals surface area contributed by atoms with Gasteiger partial charge in [0.1, 0.15) is 0 Å². The summed E-state index contributed by atoms with van der Waals surface area (Å²) in [7, 11) is 0. The SMILES string of the molecule is c1ccc(-n2c3ccccc3c3cc(-c4ccc5c(c4)c4ccccc4n5-c4cc5c6c(cccc6c4)-c4cccnc4-5)ccc32)cc1. The van der Waals surface area contributed by atoms with Crippen LogP contribution >= 0.6 is 0 Å². The van der Waals surface area contributed by atoms with Crippen molar-refractivity contribution in [3.8, 4) is 44.9 Å². The highest BCUT2D eigenvalue weighted by Crippen LogP contribution is 2.47. The first-order chi connectivity index (χ1) is 23.8. The molecule has 11 rings (SSSR count). The van der Waals surface area contributed by atoms with E-state index >= 15 is 0 Å². The normalized spacial score (nSPS) is 12.2. The zero-order valence-electron chi connectivity index (χ0n) is 25.9. The van der Waals surface area contributed by atoms with Crippen LogP contribution in [-0.2, 0) is 0 Å². The van der Waals surface area contributed by atoms with Crippen LogP contribution in [0.1, 0.15) is 0 Å². The second-order valence-electron chi connectivity index (χ2n) is 12.8. The van der Waals surface area contributed by atoms with Gasteiger partial charge < -0.3 is 9.13 Å². The molecular weight excluding hydrogens is 583 g/mol.